The largest absolute Gasteiger partial charge is 0.377 e. The lowest BCUT2D eigenvalue weighted by Crippen LogP contribution is -2.37. The second-order valence-corrected chi connectivity index (χ2v) is 6.57. The van der Waals surface area contributed by atoms with E-state index >= 15 is 0 Å². The van der Waals surface area contributed by atoms with Crippen molar-refractivity contribution in [2.45, 2.75) is 30.8 Å². The molecule has 1 atom stereocenters. The third-order valence-electron chi connectivity index (χ3n) is 3.30. The van der Waals surface area contributed by atoms with Crippen LogP contribution in [0.25, 0.3) is 0 Å². The zero-order valence-corrected chi connectivity index (χ0v) is 12.0. The Balaban J connectivity index is 2.28. The van der Waals surface area contributed by atoms with Crippen molar-refractivity contribution in [2.24, 2.45) is 0 Å². The van der Waals surface area contributed by atoms with Crippen molar-refractivity contribution in [1.29, 1.82) is 0 Å². The summed E-state index contributed by atoms with van der Waals surface area (Å²) in [5.41, 5.74) is 0. The van der Waals surface area contributed by atoms with Crippen molar-refractivity contribution in [3.63, 3.8) is 0 Å². The summed E-state index contributed by atoms with van der Waals surface area (Å²) in [5.74, 6) is -1.73. The molecule has 4 nitrogen and oxygen atoms in total. The van der Waals surface area contributed by atoms with Gasteiger partial charge in [-0.2, -0.15) is 4.31 Å². The topological polar surface area (TPSA) is 46.6 Å². The van der Waals surface area contributed by atoms with Gasteiger partial charge in [0.1, 0.15) is 16.5 Å². The van der Waals surface area contributed by atoms with E-state index in [0.717, 1.165) is 29.3 Å². The lowest BCUT2D eigenvalue weighted by molar-refractivity contribution is 0.0946. The first-order valence-corrected chi connectivity index (χ1v) is 7.96. The van der Waals surface area contributed by atoms with Gasteiger partial charge in [0.2, 0.25) is 10.0 Å². The highest BCUT2D eigenvalue weighted by atomic mass is 32.2. The van der Waals surface area contributed by atoms with Gasteiger partial charge in [-0.15, -0.1) is 0 Å². The molecular weight excluding hydrogens is 288 g/mol. The summed E-state index contributed by atoms with van der Waals surface area (Å²) in [7, 11) is -4.05. The number of hydrogen-bond acceptors (Lipinski definition) is 3. The molecule has 1 aliphatic rings. The zero-order chi connectivity index (χ0) is 14.8. The van der Waals surface area contributed by atoms with Crippen LogP contribution >= 0.6 is 0 Å². The van der Waals surface area contributed by atoms with Gasteiger partial charge in [-0.25, -0.2) is 17.2 Å². The predicted molar refractivity (Wildman–Crippen MR) is 69.8 cm³/mol. The predicted octanol–water partition coefficient (Wildman–Crippen LogP) is 2.15. The van der Waals surface area contributed by atoms with E-state index in [1.807, 2.05) is 0 Å². The van der Waals surface area contributed by atoms with Gasteiger partial charge in [0.15, 0.2) is 0 Å². The molecule has 112 valence electrons. The molecule has 0 bridgehead atoms. The molecule has 0 N–H and O–H groups in total. The van der Waals surface area contributed by atoms with E-state index in [1.54, 1.807) is 6.92 Å². The van der Waals surface area contributed by atoms with Gasteiger partial charge < -0.3 is 4.74 Å². The maximum atomic E-state index is 13.7. The molecule has 1 aliphatic heterocycles. The van der Waals surface area contributed by atoms with Crippen molar-refractivity contribution in [2.75, 3.05) is 19.7 Å². The second-order valence-electron chi connectivity index (χ2n) is 4.67. The van der Waals surface area contributed by atoms with Crippen molar-refractivity contribution >= 4 is 10.0 Å². The van der Waals surface area contributed by atoms with Crippen LogP contribution in [0.1, 0.15) is 19.8 Å². The number of likely N-dealkylation sites (N-methyl/N-ethyl adjacent to an activating group) is 1. The fourth-order valence-electron chi connectivity index (χ4n) is 2.23. The molecular formula is C13H17F2NO3S. The number of sulfonamides is 1. The van der Waals surface area contributed by atoms with E-state index in [0.29, 0.717) is 12.7 Å². The Morgan fingerprint density at radius 2 is 2.15 bits per heavy atom. The van der Waals surface area contributed by atoms with E-state index in [-0.39, 0.29) is 19.2 Å². The Morgan fingerprint density at radius 3 is 2.75 bits per heavy atom. The van der Waals surface area contributed by atoms with Crippen LogP contribution in [0.15, 0.2) is 23.1 Å². The molecule has 2 rings (SSSR count). The fraction of sp³-hybridized carbons (Fsp3) is 0.538. The molecule has 1 aromatic rings. The van der Waals surface area contributed by atoms with Crippen LogP contribution in [0.5, 0.6) is 0 Å². The van der Waals surface area contributed by atoms with Gasteiger partial charge >= 0.3 is 0 Å². The number of halogens is 2. The number of ether oxygens (including phenoxy) is 1. The molecule has 1 aromatic carbocycles. The molecule has 1 fully saturated rings. The number of rotatable bonds is 5. The first-order chi connectivity index (χ1) is 9.45. The smallest absolute Gasteiger partial charge is 0.246 e. The number of nitrogens with zero attached hydrogens (tertiary/aromatic N) is 1. The molecule has 1 unspecified atom stereocenters. The van der Waals surface area contributed by atoms with Gasteiger partial charge in [-0.1, -0.05) is 6.92 Å². The average Bonchev–Trinajstić information content (AvgIpc) is 2.91. The Hall–Kier alpha value is -1.05. The fourth-order valence-corrected chi connectivity index (χ4v) is 3.78. The van der Waals surface area contributed by atoms with E-state index < -0.39 is 26.6 Å². The van der Waals surface area contributed by atoms with E-state index in [9.17, 15) is 17.2 Å². The molecule has 0 amide bonds. The van der Waals surface area contributed by atoms with Gasteiger partial charge in [0.05, 0.1) is 6.10 Å². The van der Waals surface area contributed by atoms with Crippen LogP contribution < -0.4 is 0 Å². The normalized spacial score (nSPS) is 19.7. The highest BCUT2D eigenvalue weighted by Gasteiger charge is 2.30. The van der Waals surface area contributed by atoms with Crippen molar-refractivity contribution < 1.29 is 21.9 Å². The Labute approximate surface area is 117 Å². The van der Waals surface area contributed by atoms with Crippen LogP contribution in [0.4, 0.5) is 8.78 Å². The molecule has 0 radical (unpaired) electrons. The molecule has 20 heavy (non-hydrogen) atoms. The van der Waals surface area contributed by atoms with Crippen molar-refractivity contribution in [1.82, 2.24) is 4.31 Å². The van der Waals surface area contributed by atoms with Gasteiger partial charge in [-0.3, -0.25) is 0 Å². The molecule has 0 saturated carbocycles. The minimum absolute atomic E-state index is 0.161. The Bertz CT molecular complexity index is 571. The Kier molecular flexibility index (Phi) is 4.72. The summed E-state index contributed by atoms with van der Waals surface area (Å²) in [6.07, 6.45) is 1.48. The first kappa shape index (κ1) is 15.3. The average molecular weight is 305 g/mol. The van der Waals surface area contributed by atoms with Crippen LogP contribution in [0, 0.1) is 11.6 Å². The van der Waals surface area contributed by atoms with Crippen LogP contribution in [-0.4, -0.2) is 38.5 Å². The minimum atomic E-state index is -4.05. The summed E-state index contributed by atoms with van der Waals surface area (Å²) < 4.78 is 58.1. The maximum Gasteiger partial charge on any atom is 0.246 e. The first-order valence-electron chi connectivity index (χ1n) is 6.52. The lowest BCUT2D eigenvalue weighted by Gasteiger charge is -2.23. The molecule has 0 spiro atoms. The van der Waals surface area contributed by atoms with Crippen LogP contribution in [0.2, 0.25) is 0 Å². The van der Waals surface area contributed by atoms with Gasteiger partial charge in [0.25, 0.3) is 0 Å². The maximum absolute atomic E-state index is 13.7. The van der Waals surface area contributed by atoms with E-state index in [1.165, 1.54) is 0 Å². The summed E-state index contributed by atoms with van der Waals surface area (Å²) in [5, 5.41) is 0. The van der Waals surface area contributed by atoms with Gasteiger partial charge in [0, 0.05) is 19.7 Å². The van der Waals surface area contributed by atoms with Crippen molar-refractivity contribution in [3.8, 4) is 0 Å². The van der Waals surface area contributed by atoms with Gasteiger partial charge in [-0.05, 0) is 31.0 Å². The van der Waals surface area contributed by atoms with Crippen LogP contribution in [0.3, 0.4) is 0 Å². The highest BCUT2D eigenvalue weighted by Crippen LogP contribution is 2.22. The van der Waals surface area contributed by atoms with E-state index in [2.05, 4.69) is 0 Å². The summed E-state index contributed by atoms with van der Waals surface area (Å²) in [6.45, 7) is 2.60. The van der Waals surface area contributed by atoms with E-state index in [4.69, 9.17) is 4.74 Å². The molecule has 0 aliphatic carbocycles. The number of benzene rings is 1. The summed E-state index contributed by atoms with van der Waals surface area (Å²) in [4.78, 5) is -0.627. The number of hydrogen-bond donors (Lipinski definition) is 0. The zero-order valence-electron chi connectivity index (χ0n) is 11.2. The third-order valence-corrected chi connectivity index (χ3v) is 5.25. The molecule has 0 aromatic heterocycles. The quantitative estimate of drug-likeness (QED) is 0.837. The Morgan fingerprint density at radius 1 is 1.40 bits per heavy atom. The standard InChI is InChI=1S/C13H17F2NO3S/c1-2-16(9-11-4-3-7-19-11)20(17,18)13-8-10(14)5-6-12(13)15/h5-6,8,11H,2-4,7,9H2,1H3. The third kappa shape index (κ3) is 3.16. The SMILES string of the molecule is CCN(CC1CCCO1)S(=O)(=O)c1cc(F)ccc1F. The molecule has 7 heteroatoms. The highest BCUT2D eigenvalue weighted by molar-refractivity contribution is 7.89. The lowest BCUT2D eigenvalue weighted by atomic mass is 10.2. The minimum Gasteiger partial charge on any atom is -0.377 e. The molecule has 1 heterocycles. The second kappa shape index (κ2) is 6.15. The summed E-state index contributed by atoms with van der Waals surface area (Å²) in [6, 6.07) is 2.43. The monoisotopic (exact) mass is 305 g/mol. The van der Waals surface area contributed by atoms with Crippen molar-refractivity contribution in [3.05, 3.63) is 29.8 Å². The van der Waals surface area contributed by atoms with Crippen LogP contribution in [-0.2, 0) is 14.8 Å². The molecule has 1 saturated heterocycles. The summed E-state index contributed by atoms with van der Waals surface area (Å²) >= 11 is 0.